The maximum atomic E-state index is 12.0. The van der Waals surface area contributed by atoms with E-state index in [-0.39, 0.29) is 12.1 Å². The second-order valence-electron chi connectivity index (χ2n) is 4.22. The fraction of sp³-hybridized carbons (Fsp3) is 0.417. The maximum absolute atomic E-state index is 12.0. The Morgan fingerprint density at radius 1 is 1.63 bits per heavy atom. The van der Waals surface area contributed by atoms with Crippen LogP contribution < -0.4 is 5.32 Å². The number of thiazole rings is 1. The Labute approximate surface area is 115 Å². The van der Waals surface area contributed by atoms with E-state index in [1.165, 1.54) is 0 Å². The van der Waals surface area contributed by atoms with E-state index in [4.69, 9.17) is 0 Å². The van der Waals surface area contributed by atoms with Crippen molar-refractivity contribution in [1.29, 1.82) is 0 Å². The Balaban J connectivity index is 1.79. The minimum Gasteiger partial charge on any atom is -0.348 e. The molecule has 2 N–H and O–H groups in total. The van der Waals surface area contributed by atoms with E-state index >= 15 is 0 Å². The summed E-state index contributed by atoms with van der Waals surface area (Å²) in [6.07, 6.45) is 5.88. The van der Waals surface area contributed by atoms with Crippen LogP contribution in [0, 0.1) is 0 Å². The van der Waals surface area contributed by atoms with Crippen LogP contribution in [0.25, 0.3) is 0 Å². The first-order valence-corrected chi connectivity index (χ1v) is 6.93. The van der Waals surface area contributed by atoms with Gasteiger partial charge in [-0.25, -0.2) is 14.8 Å². The molecule has 0 saturated carbocycles. The van der Waals surface area contributed by atoms with E-state index in [0.717, 1.165) is 17.1 Å². The standard InChI is InChI=1S/C12H17N5OS/c1-9(11-14-5-6-19-11)17(2)12(18)15-4-3-10-7-13-8-16-10/h5-9H,3-4H2,1-2H3,(H,13,16)(H,15,18). The molecule has 19 heavy (non-hydrogen) atoms. The number of hydrogen-bond acceptors (Lipinski definition) is 4. The van der Waals surface area contributed by atoms with E-state index < -0.39 is 0 Å². The molecule has 2 aromatic rings. The first kappa shape index (κ1) is 13.5. The summed E-state index contributed by atoms with van der Waals surface area (Å²) in [7, 11) is 1.78. The van der Waals surface area contributed by atoms with Crippen LogP contribution in [0.5, 0.6) is 0 Å². The van der Waals surface area contributed by atoms with Gasteiger partial charge in [0.2, 0.25) is 0 Å². The van der Waals surface area contributed by atoms with E-state index in [1.807, 2.05) is 12.3 Å². The lowest BCUT2D eigenvalue weighted by atomic mass is 10.3. The highest BCUT2D eigenvalue weighted by molar-refractivity contribution is 7.09. The quantitative estimate of drug-likeness (QED) is 0.876. The van der Waals surface area contributed by atoms with Gasteiger partial charge in [-0.3, -0.25) is 0 Å². The van der Waals surface area contributed by atoms with Crippen molar-refractivity contribution in [2.24, 2.45) is 0 Å². The summed E-state index contributed by atoms with van der Waals surface area (Å²) < 4.78 is 0. The second-order valence-corrected chi connectivity index (χ2v) is 5.14. The smallest absolute Gasteiger partial charge is 0.317 e. The first-order chi connectivity index (χ1) is 9.18. The number of urea groups is 1. The summed E-state index contributed by atoms with van der Waals surface area (Å²) >= 11 is 1.55. The summed E-state index contributed by atoms with van der Waals surface area (Å²) in [6.45, 7) is 2.54. The van der Waals surface area contributed by atoms with Crippen molar-refractivity contribution in [1.82, 2.24) is 25.2 Å². The van der Waals surface area contributed by atoms with Crippen LogP contribution in [0.2, 0.25) is 0 Å². The van der Waals surface area contributed by atoms with Crippen LogP contribution in [0.15, 0.2) is 24.1 Å². The molecule has 2 heterocycles. The highest BCUT2D eigenvalue weighted by Crippen LogP contribution is 2.20. The molecule has 0 aromatic carbocycles. The molecule has 1 unspecified atom stereocenters. The molecular formula is C12H17N5OS. The van der Waals surface area contributed by atoms with Crippen LogP contribution >= 0.6 is 11.3 Å². The average molecular weight is 279 g/mol. The Bertz CT molecular complexity index is 496. The lowest BCUT2D eigenvalue weighted by Gasteiger charge is -2.23. The molecule has 0 aliphatic heterocycles. The van der Waals surface area contributed by atoms with Gasteiger partial charge in [0.25, 0.3) is 0 Å². The average Bonchev–Trinajstić information content (AvgIpc) is 3.09. The number of aromatic nitrogens is 3. The van der Waals surface area contributed by atoms with Crippen molar-refractivity contribution in [2.75, 3.05) is 13.6 Å². The van der Waals surface area contributed by atoms with Gasteiger partial charge in [0.1, 0.15) is 5.01 Å². The lowest BCUT2D eigenvalue weighted by Crippen LogP contribution is -2.39. The summed E-state index contributed by atoms with van der Waals surface area (Å²) in [4.78, 5) is 24.8. The summed E-state index contributed by atoms with van der Waals surface area (Å²) in [6, 6.07) is -0.116. The van der Waals surface area contributed by atoms with Crippen LogP contribution in [0.4, 0.5) is 4.79 Å². The molecule has 2 aromatic heterocycles. The van der Waals surface area contributed by atoms with Crippen molar-refractivity contribution in [2.45, 2.75) is 19.4 Å². The third-order valence-electron chi connectivity index (χ3n) is 2.94. The Hall–Kier alpha value is -1.89. The van der Waals surface area contributed by atoms with Crippen LogP contribution in [0.3, 0.4) is 0 Å². The summed E-state index contributed by atoms with van der Waals surface area (Å²) in [5.41, 5.74) is 1.01. The zero-order valence-corrected chi connectivity index (χ0v) is 11.8. The Kier molecular flexibility index (Phi) is 4.51. The summed E-state index contributed by atoms with van der Waals surface area (Å²) in [5, 5.41) is 5.73. The molecular weight excluding hydrogens is 262 g/mol. The van der Waals surface area contributed by atoms with Gasteiger partial charge >= 0.3 is 6.03 Å². The number of imidazole rings is 1. The number of aromatic amines is 1. The van der Waals surface area contributed by atoms with Gasteiger partial charge in [0.15, 0.2) is 0 Å². The zero-order chi connectivity index (χ0) is 13.7. The van der Waals surface area contributed by atoms with Crippen molar-refractivity contribution in [3.05, 3.63) is 34.8 Å². The molecule has 2 rings (SSSR count). The molecule has 1 atom stereocenters. The second kappa shape index (κ2) is 6.33. The van der Waals surface area contributed by atoms with Crippen molar-refractivity contribution >= 4 is 17.4 Å². The number of hydrogen-bond donors (Lipinski definition) is 2. The van der Waals surface area contributed by atoms with Gasteiger partial charge in [0, 0.05) is 43.5 Å². The van der Waals surface area contributed by atoms with E-state index in [9.17, 15) is 4.79 Å². The number of nitrogens with zero attached hydrogens (tertiary/aromatic N) is 3. The van der Waals surface area contributed by atoms with Gasteiger partial charge in [-0.05, 0) is 6.92 Å². The zero-order valence-electron chi connectivity index (χ0n) is 11.0. The molecule has 0 aliphatic carbocycles. The number of amides is 2. The van der Waals surface area contributed by atoms with Crippen molar-refractivity contribution < 1.29 is 4.79 Å². The van der Waals surface area contributed by atoms with E-state index in [2.05, 4.69) is 20.3 Å². The third kappa shape index (κ3) is 3.54. The predicted octanol–water partition coefficient (Wildman–Crippen LogP) is 1.81. The van der Waals surface area contributed by atoms with Gasteiger partial charge < -0.3 is 15.2 Å². The number of carbonyl (C=O) groups excluding carboxylic acids is 1. The Morgan fingerprint density at radius 2 is 2.47 bits per heavy atom. The van der Waals surface area contributed by atoms with Crippen molar-refractivity contribution in [3.8, 4) is 0 Å². The minimum absolute atomic E-state index is 0.0212. The number of H-pyrrole nitrogens is 1. The minimum atomic E-state index is -0.0952. The molecule has 6 nitrogen and oxygen atoms in total. The third-order valence-corrected chi connectivity index (χ3v) is 3.88. The topological polar surface area (TPSA) is 73.9 Å². The predicted molar refractivity (Wildman–Crippen MR) is 74.0 cm³/mol. The van der Waals surface area contributed by atoms with E-state index in [1.54, 1.807) is 42.0 Å². The van der Waals surface area contributed by atoms with Crippen LogP contribution in [-0.4, -0.2) is 39.5 Å². The van der Waals surface area contributed by atoms with Gasteiger partial charge in [-0.15, -0.1) is 11.3 Å². The van der Waals surface area contributed by atoms with E-state index in [0.29, 0.717) is 6.54 Å². The maximum Gasteiger partial charge on any atom is 0.317 e. The van der Waals surface area contributed by atoms with Gasteiger partial charge in [-0.2, -0.15) is 0 Å². The lowest BCUT2D eigenvalue weighted by molar-refractivity contribution is 0.194. The highest BCUT2D eigenvalue weighted by atomic mass is 32.1. The molecule has 0 bridgehead atoms. The number of rotatable bonds is 5. The molecule has 2 amide bonds. The van der Waals surface area contributed by atoms with Crippen molar-refractivity contribution in [3.63, 3.8) is 0 Å². The largest absolute Gasteiger partial charge is 0.348 e. The first-order valence-electron chi connectivity index (χ1n) is 6.05. The fourth-order valence-electron chi connectivity index (χ4n) is 1.63. The number of carbonyl (C=O) groups is 1. The van der Waals surface area contributed by atoms with Crippen LogP contribution in [-0.2, 0) is 6.42 Å². The molecule has 0 fully saturated rings. The fourth-order valence-corrected chi connectivity index (χ4v) is 2.37. The van der Waals surface area contributed by atoms with Crippen LogP contribution in [0.1, 0.15) is 23.7 Å². The molecule has 102 valence electrons. The molecule has 0 spiro atoms. The monoisotopic (exact) mass is 279 g/mol. The van der Waals surface area contributed by atoms with Gasteiger partial charge in [-0.1, -0.05) is 0 Å². The molecule has 0 aliphatic rings. The molecule has 0 radical (unpaired) electrons. The SMILES string of the molecule is CC(c1nccs1)N(C)C(=O)NCCc1cnc[nH]1. The normalized spacial score (nSPS) is 12.1. The number of nitrogens with one attached hydrogen (secondary N) is 2. The highest BCUT2D eigenvalue weighted by Gasteiger charge is 2.18. The molecule has 0 saturated heterocycles. The molecule has 7 heteroatoms. The van der Waals surface area contributed by atoms with Gasteiger partial charge in [0.05, 0.1) is 12.4 Å². The summed E-state index contributed by atoms with van der Waals surface area (Å²) in [5.74, 6) is 0. The Morgan fingerprint density at radius 3 is 3.11 bits per heavy atom.